The van der Waals surface area contributed by atoms with Crippen molar-refractivity contribution in [3.05, 3.63) is 47.4 Å². The summed E-state index contributed by atoms with van der Waals surface area (Å²) in [4.78, 5) is 17.0. The van der Waals surface area contributed by atoms with Gasteiger partial charge in [0.15, 0.2) is 0 Å². The third kappa shape index (κ3) is 3.89. The minimum atomic E-state index is -0.274. The van der Waals surface area contributed by atoms with E-state index in [1.807, 2.05) is 31.2 Å². The first kappa shape index (κ1) is 20.3. The van der Waals surface area contributed by atoms with Crippen LogP contribution in [0.25, 0.3) is 10.9 Å². The van der Waals surface area contributed by atoms with Gasteiger partial charge in [0.25, 0.3) is 5.91 Å². The number of benzene rings is 1. The van der Waals surface area contributed by atoms with Crippen molar-refractivity contribution in [3.8, 4) is 5.75 Å². The Kier molecular flexibility index (Phi) is 5.72. The predicted octanol–water partition coefficient (Wildman–Crippen LogP) is 4.03. The molecule has 0 atom stereocenters. The average molecular weight is 409 g/mol. The lowest BCUT2D eigenvalue weighted by Gasteiger charge is -2.28. The lowest BCUT2D eigenvalue weighted by Crippen LogP contribution is -2.21. The van der Waals surface area contributed by atoms with Gasteiger partial charge in [-0.15, -0.1) is 0 Å². The Morgan fingerprint density at radius 2 is 2.00 bits per heavy atom. The van der Waals surface area contributed by atoms with Crippen LogP contribution in [0.1, 0.15) is 53.6 Å². The third-order valence-corrected chi connectivity index (χ3v) is 6.06. The number of fused-ring (bicyclic) bond motifs is 1. The molecule has 7 nitrogen and oxygen atoms in total. The van der Waals surface area contributed by atoms with Crippen LogP contribution in [0.4, 0.5) is 5.69 Å². The number of rotatable bonds is 5. The summed E-state index contributed by atoms with van der Waals surface area (Å²) in [6.07, 6.45) is 4.06. The molecule has 1 aliphatic rings. The van der Waals surface area contributed by atoms with E-state index in [0.29, 0.717) is 29.1 Å². The van der Waals surface area contributed by atoms with Crippen molar-refractivity contribution in [1.82, 2.24) is 14.8 Å². The zero-order chi connectivity index (χ0) is 21.3. The number of pyridine rings is 1. The van der Waals surface area contributed by atoms with Gasteiger partial charge in [0.1, 0.15) is 11.4 Å². The minimum Gasteiger partial charge on any atom is -0.494 e. The molecule has 4 rings (SSSR count). The van der Waals surface area contributed by atoms with Crippen molar-refractivity contribution in [2.45, 2.75) is 45.6 Å². The largest absolute Gasteiger partial charge is 0.494 e. The molecule has 2 heterocycles. The van der Waals surface area contributed by atoms with Gasteiger partial charge in [0.05, 0.1) is 24.4 Å². The molecule has 3 aromatic rings. The SMILES string of the molecule is COc1cc2nn(C3CCC(CO)CC3)c(C)c2cc1NC(=O)c1cccc(C)n1. The highest BCUT2D eigenvalue weighted by Crippen LogP contribution is 2.36. The van der Waals surface area contributed by atoms with Crippen LogP contribution in [0.15, 0.2) is 30.3 Å². The van der Waals surface area contributed by atoms with Crippen LogP contribution in [-0.2, 0) is 0 Å². The maximum absolute atomic E-state index is 12.7. The highest BCUT2D eigenvalue weighted by atomic mass is 16.5. The number of aliphatic hydroxyl groups is 1. The summed E-state index contributed by atoms with van der Waals surface area (Å²) in [5.74, 6) is 0.699. The molecule has 2 N–H and O–H groups in total. The first-order chi connectivity index (χ1) is 14.5. The van der Waals surface area contributed by atoms with Gasteiger partial charge in [-0.3, -0.25) is 9.48 Å². The van der Waals surface area contributed by atoms with Crippen molar-refractivity contribution in [1.29, 1.82) is 0 Å². The Morgan fingerprint density at radius 1 is 1.23 bits per heavy atom. The van der Waals surface area contributed by atoms with Crippen LogP contribution in [0.3, 0.4) is 0 Å². The summed E-state index contributed by atoms with van der Waals surface area (Å²) < 4.78 is 7.63. The number of carbonyl (C=O) groups excluding carboxylic acids is 1. The Bertz CT molecular complexity index is 1070. The molecule has 1 fully saturated rings. The van der Waals surface area contributed by atoms with Crippen LogP contribution in [0.2, 0.25) is 0 Å². The van der Waals surface area contributed by atoms with E-state index in [1.54, 1.807) is 13.2 Å². The van der Waals surface area contributed by atoms with Gasteiger partial charge in [0, 0.05) is 29.4 Å². The first-order valence-corrected chi connectivity index (χ1v) is 10.4. The molecule has 0 saturated heterocycles. The molecule has 0 aliphatic heterocycles. The number of anilines is 1. The van der Waals surface area contributed by atoms with Gasteiger partial charge in [0.2, 0.25) is 0 Å². The van der Waals surface area contributed by atoms with Gasteiger partial charge in [-0.2, -0.15) is 5.10 Å². The van der Waals surface area contributed by atoms with Crippen molar-refractivity contribution in [3.63, 3.8) is 0 Å². The van der Waals surface area contributed by atoms with Gasteiger partial charge in [-0.25, -0.2) is 4.98 Å². The summed E-state index contributed by atoms with van der Waals surface area (Å²) in [5.41, 5.74) is 3.68. The molecule has 2 aromatic heterocycles. The van der Waals surface area contributed by atoms with E-state index >= 15 is 0 Å². The van der Waals surface area contributed by atoms with Crippen LogP contribution in [0.5, 0.6) is 5.75 Å². The summed E-state index contributed by atoms with van der Waals surface area (Å²) >= 11 is 0. The molecular formula is C23H28N4O3. The van der Waals surface area contributed by atoms with Gasteiger partial charge >= 0.3 is 0 Å². The number of nitrogens with zero attached hydrogens (tertiary/aromatic N) is 3. The van der Waals surface area contributed by atoms with Crippen molar-refractivity contribution < 1.29 is 14.6 Å². The fourth-order valence-electron chi connectivity index (χ4n) is 4.31. The molecule has 0 spiro atoms. The summed E-state index contributed by atoms with van der Waals surface area (Å²) in [5, 5.41) is 18.2. The molecule has 0 radical (unpaired) electrons. The number of hydrogen-bond acceptors (Lipinski definition) is 5. The molecular weight excluding hydrogens is 380 g/mol. The van der Waals surface area contributed by atoms with Gasteiger partial charge < -0.3 is 15.2 Å². The number of aromatic nitrogens is 3. The standard InChI is InChI=1S/C23H28N4O3/c1-14-5-4-6-19(24-14)23(29)25-21-11-18-15(2)27(26-20(18)12-22(21)30-3)17-9-7-16(13-28)8-10-17/h4-6,11-12,16-17,28H,7-10,13H2,1-3H3,(H,25,29). The quantitative estimate of drug-likeness (QED) is 0.665. The fraction of sp³-hybridized carbons (Fsp3) is 0.435. The number of aliphatic hydroxyl groups excluding tert-OH is 1. The van der Waals surface area contributed by atoms with E-state index in [1.165, 1.54) is 0 Å². The smallest absolute Gasteiger partial charge is 0.274 e. The number of amides is 1. The normalized spacial score (nSPS) is 19.1. The summed E-state index contributed by atoms with van der Waals surface area (Å²) in [6.45, 7) is 4.19. The predicted molar refractivity (Wildman–Crippen MR) is 116 cm³/mol. The minimum absolute atomic E-state index is 0.267. The van der Waals surface area contributed by atoms with Gasteiger partial charge in [-0.1, -0.05) is 6.07 Å². The number of aryl methyl sites for hydroxylation is 2. The topological polar surface area (TPSA) is 89.3 Å². The van der Waals surface area contributed by atoms with E-state index < -0.39 is 0 Å². The monoisotopic (exact) mass is 408 g/mol. The second-order valence-corrected chi connectivity index (χ2v) is 8.08. The maximum Gasteiger partial charge on any atom is 0.274 e. The third-order valence-electron chi connectivity index (χ3n) is 6.06. The lowest BCUT2D eigenvalue weighted by molar-refractivity contribution is 0.102. The van der Waals surface area contributed by atoms with E-state index in [9.17, 15) is 9.90 Å². The second kappa shape index (κ2) is 8.44. The lowest BCUT2D eigenvalue weighted by atomic mass is 9.86. The first-order valence-electron chi connectivity index (χ1n) is 10.4. The Morgan fingerprint density at radius 3 is 2.67 bits per heavy atom. The number of nitrogens with one attached hydrogen (secondary N) is 1. The molecule has 1 aliphatic carbocycles. The van der Waals surface area contributed by atoms with E-state index in [0.717, 1.165) is 48.0 Å². The van der Waals surface area contributed by atoms with E-state index in [-0.39, 0.29) is 12.5 Å². The Balaban J connectivity index is 1.64. The van der Waals surface area contributed by atoms with Crippen molar-refractivity contribution >= 4 is 22.5 Å². The summed E-state index contributed by atoms with van der Waals surface area (Å²) in [7, 11) is 1.59. The van der Waals surface area contributed by atoms with E-state index in [2.05, 4.69) is 21.9 Å². The fourth-order valence-corrected chi connectivity index (χ4v) is 4.31. The van der Waals surface area contributed by atoms with Crippen LogP contribution in [-0.4, -0.2) is 39.5 Å². The number of carbonyl (C=O) groups is 1. The van der Waals surface area contributed by atoms with Crippen LogP contribution < -0.4 is 10.1 Å². The van der Waals surface area contributed by atoms with E-state index in [4.69, 9.17) is 9.84 Å². The van der Waals surface area contributed by atoms with Crippen LogP contribution in [0, 0.1) is 19.8 Å². The molecule has 30 heavy (non-hydrogen) atoms. The summed E-state index contributed by atoms with van der Waals surface area (Å²) in [6, 6.07) is 9.50. The number of hydrogen-bond donors (Lipinski definition) is 2. The van der Waals surface area contributed by atoms with Gasteiger partial charge in [-0.05, 0) is 63.6 Å². The Labute approximate surface area is 176 Å². The molecule has 1 saturated carbocycles. The molecule has 158 valence electrons. The zero-order valence-electron chi connectivity index (χ0n) is 17.7. The highest BCUT2D eigenvalue weighted by Gasteiger charge is 2.25. The molecule has 0 bridgehead atoms. The molecule has 0 unspecified atom stereocenters. The maximum atomic E-state index is 12.7. The molecule has 7 heteroatoms. The van der Waals surface area contributed by atoms with Crippen LogP contribution >= 0.6 is 0 Å². The van der Waals surface area contributed by atoms with Crippen molar-refractivity contribution in [2.75, 3.05) is 19.0 Å². The molecule has 1 amide bonds. The highest BCUT2D eigenvalue weighted by molar-refractivity contribution is 6.05. The number of ether oxygens (including phenoxy) is 1. The molecule has 1 aromatic carbocycles. The average Bonchev–Trinajstić information content (AvgIpc) is 3.08. The Hall–Kier alpha value is -2.93. The second-order valence-electron chi connectivity index (χ2n) is 8.08. The zero-order valence-corrected chi connectivity index (χ0v) is 17.7. The van der Waals surface area contributed by atoms with Crippen molar-refractivity contribution in [2.24, 2.45) is 5.92 Å². The number of methoxy groups -OCH3 is 1.